The number of urea groups is 1. The van der Waals surface area contributed by atoms with Gasteiger partial charge in [0.05, 0.1) is 10.6 Å². The molecule has 0 aromatic carbocycles. The molecule has 0 spiro atoms. The highest BCUT2D eigenvalue weighted by atomic mass is 32.1. The lowest BCUT2D eigenvalue weighted by Crippen LogP contribution is -2.41. The van der Waals surface area contributed by atoms with Crippen molar-refractivity contribution in [1.82, 2.24) is 15.2 Å². The Labute approximate surface area is 146 Å². The Morgan fingerprint density at radius 1 is 1.46 bits per heavy atom. The van der Waals surface area contributed by atoms with E-state index in [9.17, 15) is 14.4 Å². The Morgan fingerprint density at radius 3 is 2.88 bits per heavy atom. The molecule has 126 valence electrons. The number of nitrogens with one attached hydrogen (secondary N) is 1. The Kier molecular flexibility index (Phi) is 4.63. The number of hydrogen-bond donors (Lipinski definition) is 1. The summed E-state index contributed by atoms with van der Waals surface area (Å²) in [5.74, 6) is -1.13. The first-order valence-corrected chi connectivity index (χ1v) is 8.98. The van der Waals surface area contributed by atoms with Crippen LogP contribution in [0.1, 0.15) is 22.3 Å². The van der Waals surface area contributed by atoms with E-state index in [0.29, 0.717) is 17.1 Å². The number of aryl methyl sites for hydroxylation is 1. The standard InChI is InChI=1S/C15H15N3O4S2/c1-8-11(24-12(17-8)10-4-3-7-23-10)14(20)22-9(2)13(19)18-6-5-16-15(18)21/h3-4,7,9H,5-6H2,1-2H3,(H,16,21)/t9-/m0/s1. The molecule has 1 atom stereocenters. The Bertz CT molecular complexity index is 785. The second kappa shape index (κ2) is 6.70. The van der Waals surface area contributed by atoms with Crippen LogP contribution >= 0.6 is 22.7 Å². The minimum absolute atomic E-state index is 0.279. The Hall–Kier alpha value is -2.26. The number of carbonyl (C=O) groups is 3. The third kappa shape index (κ3) is 3.17. The van der Waals surface area contributed by atoms with E-state index in [-0.39, 0.29) is 6.54 Å². The zero-order chi connectivity index (χ0) is 17.3. The Morgan fingerprint density at radius 2 is 2.25 bits per heavy atom. The molecule has 0 saturated carbocycles. The molecule has 1 aliphatic heterocycles. The predicted octanol–water partition coefficient (Wildman–Crippen LogP) is 2.28. The maximum absolute atomic E-state index is 12.3. The molecule has 9 heteroatoms. The summed E-state index contributed by atoms with van der Waals surface area (Å²) < 4.78 is 5.23. The van der Waals surface area contributed by atoms with Gasteiger partial charge in [-0.2, -0.15) is 0 Å². The third-order valence-corrected chi connectivity index (χ3v) is 5.64. The lowest BCUT2D eigenvalue weighted by atomic mass is 10.3. The number of nitrogens with zero attached hydrogens (tertiary/aromatic N) is 2. The summed E-state index contributed by atoms with van der Waals surface area (Å²) in [5.41, 5.74) is 0.562. The fourth-order valence-electron chi connectivity index (χ4n) is 2.26. The first kappa shape index (κ1) is 16.6. The summed E-state index contributed by atoms with van der Waals surface area (Å²) in [6, 6.07) is 3.38. The van der Waals surface area contributed by atoms with Crippen LogP contribution in [0.15, 0.2) is 17.5 Å². The minimum atomic E-state index is -1.03. The van der Waals surface area contributed by atoms with Crippen molar-refractivity contribution in [1.29, 1.82) is 0 Å². The average Bonchev–Trinajstić information content (AvgIpc) is 3.26. The fourth-order valence-corrected chi connectivity index (χ4v) is 4.00. The van der Waals surface area contributed by atoms with Crippen LogP contribution in [0, 0.1) is 6.92 Å². The number of imide groups is 1. The van der Waals surface area contributed by atoms with Crippen LogP contribution in [0.2, 0.25) is 0 Å². The topological polar surface area (TPSA) is 88.6 Å². The molecule has 2 aromatic rings. The van der Waals surface area contributed by atoms with Crippen molar-refractivity contribution in [2.75, 3.05) is 13.1 Å². The van der Waals surface area contributed by atoms with Gasteiger partial charge in [-0.3, -0.25) is 9.69 Å². The molecule has 0 aliphatic carbocycles. The van der Waals surface area contributed by atoms with E-state index >= 15 is 0 Å². The first-order valence-electron chi connectivity index (χ1n) is 7.29. The van der Waals surface area contributed by atoms with Gasteiger partial charge in [0.25, 0.3) is 5.91 Å². The number of hydrogen-bond acceptors (Lipinski definition) is 7. The van der Waals surface area contributed by atoms with Crippen LogP contribution in [-0.2, 0) is 9.53 Å². The molecule has 24 heavy (non-hydrogen) atoms. The molecule has 0 bridgehead atoms. The molecule has 1 saturated heterocycles. The van der Waals surface area contributed by atoms with E-state index in [1.54, 1.807) is 6.92 Å². The third-order valence-electron chi connectivity index (χ3n) is 3.47. The van der Waals surface area contributed by atoms with Crippen LogP contribution in [0.4, 0.5) is 4.79 Å². The van der Waals surface area contributed by atoms with Crippen molar-refractivity contribution in [3.8, 4) is 9.88 Å². The van der Waals surface area contributed by atoms with Crippen LogP contribution < -0.4 is 5.32 Å². The smallest absolute Gasteiger partial charge is 0.351 e. The number of esters is 1. The summed E-state index contributed by atoms with van der Waals surface area (Å²) in [4.78, 5) is 42.8. The summed E-state index contributed by atoms with van der Waals surface area (Å²) in [6.45, 7) is 3.87. The van der Waals surface area contributed by atoms with Gasteiger partial charge < -0.3 is 10.1 Å². The highest BCUT2D eigenvalue weighted by Crippen LogP contribution is 2.31. The quantitative estimate of drug-likeness (QED) is 0.840. The highest BCUT2D eigenvalue weighted by molar-refractivity contribution is 7.22. The molecular formula is C15H15N3O4S2. The zero-order valence-electron chi connectivity index (χ0n) is 13.1. The predicted molar refractivity (Wildman–Crippen MR) is 90.2 cm³/mol. The van der Waals surface area contributed by atoms with E-state index in [2.05, 4.69) is 10.3 Å². The summed E-state index contributed by atoms with van der Waals surface area (Å²) in [7, 11) is 0. The second-order valence-electron chi connectivity index (χ2n) is 5.18. The molecular weight excluding hydrogens is 350 g/mol. The van der Waals surface area contributed by atoms with E-state index in [0.717, 1.165) is 14.8 Å². The molecule has 2 aromatic heterocycles. The molecule has 0 radical (unpaired) electrons. The molecule has 3 heterocycles. The van der Waals surface area contributed by atoms with E-state index in [4.69, 9.17) is 4.74 Å². The van der Waals surface area contributed by atoms with Gasteiger partial charge in [-0.15, -0.1) is 22.7 Å². The van der Waals surface area contributed by atoms with Gasteiger partial charge in [-0.1, -0.05) is 6.07 Å². The van der Waals surface area contributed by atoms with Crippen molar-refractivity contribution in [2.24, 2.45) is 0 Å². The van der Waals surface area contributed by atoms with E-state index in [1.165, 1.54) is 29.6 Å². The van der Waals surface area contributed by atoms with Crippen LogP contribution in [-0.4, -0.2) is 47.0 Å². The van der Waals surface area contributed by atoms with Crippen molar-refractivity contribution in [2.45, 2.75) is 20.0 Å². The number of ether oxygens (including phenoxy) is 1. The van der Waals surface area contributed by atoms with Crippen molar-refractivity contribution in [3.05, 3.63) is 28.1 Å². The van der Waals surface area contributed by atoms with Gasteiger partial charge in [0.2, 0.25) is 0 Å². The van der Waals surface area contributed by atoms with Crippen molar-refractivity contribution in [3.63, 3.8) is 0 Å². The number of thiophene rings is 1. The van der Waals surface area contributed by atoms with Gasteiger partial charge in [0.1, 0.15) is 9.88 Å². The maximum Gasteiger partial charge on any atom is 0.351 e. The normalized spacial score (nSPS) is 15.2. The van der Waals surface area contributed by atoms with Gasteiger partial charge in [-0.05, 0) is 25.3 Å². The average molecular weight is 365 g/mol. The molecule has 7 nitrogen and oxygen atoms in total. The molecule has 0 unspecified atom stereocenters. The van der Waals surface area contributed by atoms with E-state index < -0.39 is 24.0 Å². The lowest BCUT2D eigenvalue weighted by Gasteiger charge is -2.17. The summed E-state index contributed by atoms with van der Waals surface area (Å²) >= 11 is 2.77. The minimum Gasteiger partial charge on any atom is -0.448 e. The van der Waals surface area contributed by atoms with Gasteiger partial charge in [-0.25, -0.2) is 14.6 Å². The Balaban J connectivity index is 1.70. The van der Waals surface area contributed by atoms with Crippen LogP contribution in [0.3, 0.4) is 0 Å². The first-order chi connectivity index (χ1) is 11.5. The maximum atomic E-state index is 12.3. The zero-order valence-corrected chi connectivity index (χ0v) is 14.7. The lowest BCUT2D eigenvalue weighted by molar-refractivity contribution is -0.136. The largest absolute Gasteiger partial charge is 0.448 e. The number of carbonyl (C=O) groups excluding carboxylic acids is 3. The SMILES string of the molecule is Cc1nc(-c2cccs2)sc1C(=O)O[C@@H](C)C(=O)N1CCNC1=O. The highest BCUT2D eigenvalue weighted by Gasteiger charge is 2.32. The summed E-state index contributed by atoms with van der Waals surface area (Å²) in [5, 5.41) is 5.22. The van der Waals surface area contributed by atoms with Gasteiger partial charge >= 0.3 is 12.0 Å². The van der Waals surface area contributed by atoms with Crippen LogP contribution in [0.25, 0.3) is 9.88 Å². The van der Waals surface area contributed by atoms with Crippen molar-refractivity contribution < 1.29 is 19.1 Å². The molecule has 3 rings (SSSR count). The van der Waals surface area contributed by atoms with Crippen LogP contribution in [0.5, 0.6) is 0 Å². The van der Waals surface area contributed by atoms with Gasteiger partial charge in [0.15, 0.2) is 6.10 Å². The number of aromatic nitrogens is 1. The molecule has 3 amide bonds. The molecule has 1 fully saturated rings. The molecule has 1 aliphatic rings. The summed E-state index contributed by atoms with van der Waals surface area (Å²) in [6.07, 6.45) is -1.03. The monoisotopic (exact) mass is 365 g/mol. The van der Waals surface area contributed by atoms with Gasteiger partial charge in [0, 0.05) is 13.1 Å². The van der Waals surface area contributed by atoms with Crippen molar-refractivity contribution >= 4 is 40.6 Å². The fraction of sp³-hybridized carbons (Fsp3) is 0.333. The number of thiazole rings is 1. The van der Waals surface area contributed by atoms with E-state index in [1.807, 2.05) is 17.5 Å². The number of rotatable bonds is 4. The second-order valence-corrected chi connectivity index (χ2v) is 7.13. The number of amides is 3. The molecule has 1 N–H and O–H groups in total.